The third kappa shape index (κ3) is 2.70. The van der Waals surface area contributed by atoms with Crippen molar-refractivity contribution in [2.45, 2.75) is 0 Å². The predicted molar refractivity (Wildman–Crippen MR) is 60.5 cm³/mol. The van der Waals surface area contributed by atoms with E-state index in [-0.39, 0.29) is 5.91 Å². The molecule has 0 aliphatic carbocycles. The van der Waals surface area contributed by atoms with Gasteiger partial charge >= 0.3 is 0 Å². The first-order valence-corrected chi connectivity index (χ1v) is 5.26. The van der Waals surface area contributed by atoms with Gasteiger partial charge in [0.25, 0.3) is 5.91 Å². The number of hydrogen-bond acceptors (Lipinski definition) is 2. The molecule has 0 fully saturated rings. The Labute approximate surface area is 95.7 Å². The third-order valence-electron chi connectivity index (χ3n) is 1.63. The van der Waals surface area contributed by atoms with Crippen LogP contribution in [-0.2, 0) is 0 Å². The lowest BCUT2D eigenvalue weighted by molar-refractivity contribution is 0.0955. The van der Waals surface area contributed by atoms with Gasteiger partial charge < -0.3 is 11.1 Å². The molecule has 0 aromatic heterocycles. The van der Waals surface area contributed by atoms with Crippen molar-refractivity contribution in [2.75, 3.05) is 13.1 Å². The van der Waals surface area contributed by atoms with Crippen LogP contribution in [0.5, 0.6) is 0 Å². The lowest BCUT2D eigenvalue weighted by Gasteiger charge is -2.06. The van der Waals surface area contributed by atoms with Crippen molar-refractivity contribution < 1.29 is 4.79 Å². The number of nitrogens with one attached hydrogen (secondary N) is 1. The summed E-state index contributed by atoms with van der Waals surface area (Å²) in [4.78, 5) is 11.5. The topological polar surface area (TPSA) is 55.1 Å². The SMILES string of the molecule is NCCNC(=O)c1cccc(Br)c1Cl. The second kappa shape index (κ2) is 5.34. The summed E-state index contributed by atoms with van der Waals surface area (Å²) in [6.07, 6.45) is 0. The molecule has 0 radical (unpaired) electrons. The summed E-state index contributed by atoms with van der Waals surface area (Å²) in [5, 5.41) is 3.07. The molecule has 0 aliphatic rings. The minimum Gasteiger partial charge on any atom is -0.351 e. The molecule has 1 amide bonds. The summed E-state index contributed by atoms with van der Waals surface area (Å²) in [7, 11) is 0. The van der Waals surface area contributed by atoms with E-state index in [9.17, 15) is 4.79 Å². The van der Waals surface area contributed by atoms with Crippen molar-refractivity contribution in [1.29, 1.82) is 0 Å². The minimum absolute atomic E-state index is 0.207. The van der Waals surface area contributed by atoms with Gasteiger partial charge in [0, 0.05) is 17.6 Å². The van der Waals surface area contributed by atoms with Gasteiger partial charge in [0.15, 0.2) is 0 Å². The molecule has 0 bridgehead atoms. The summed E-state index contributed by atoms with van der Waals surface area (Å²) in [6, 6.07) is 5.20. The van der Waals surface area contributed by atoms with Gasteiger partial charge in [-0.05, 0) is 28.1 Å². The van der Waals surface area contributed by atoms with Crippen LogP contribution in [0.1, 0.15) is 10.4 Å². The molecule has 0 saturated carbocycles. The average Bonchev–Trinajstić information content (AvgIpc) is 2.18. The summed E-state index contributed by atoms with van der Waals surface area (Å²) in [6.45, 7) is 0.860. The standard InChI is InChI=1S/C9H10BrClN2O/c10-7-3-1-2-6(8(7)11)9(14)13-5-4-12/h1-3H,4-5,12H2,(H,13,14). The monoisotopic (exact) mass is 276 g/mol. The molecule has 1 rings (SSSR count). The van der Waals surface area contributed by atoms with E-state index in [2.05, 4.69) is 21.2 Å². The zero-order chi connectivity index (χ0) is 10.6. The number of rotatable bonds is 3. The average molecular weight is 278 g/mol. The zero-order valence-corrected chi connectivity index (χ0v) is 9.73. The molecule has 1 aromatic rings. The molecule has 3 nitrogen and oxygen atoms in total. The maximum absolute atomic E-state index is 11.5. The molecular formula is C9H10BrClN2O. The molecule has 0 spiro atoms. The largest absolute Gasteiger partial charge is 0.351 e. The van der Waals surface area contributed by atoms with Crippen LogP contribution in [0, 0.1) is 0 Å². The molecule has 0 saturated heterocycles. The molecule has 0 atom stereocenters. The van der Waals surface area contributed by atoms with Crippen LogP contribution in [0.3, 0.4) is 0 Å². The number of carbonyl (C=O) groups is 1. The Morgan fingerprint density at radius 1 is 1.57 bits per heavy atom. The van der Waals surface area contributed by atoms with Crippen LogP contribution >= 0.6 is 27.5 Å². The molecule has 0 unspecified atom stereocenters. The van der Waals surface area contributed by atoms with E-state index in [1.807, 2.05) is 0 Å². The Morgan fingerprint density at radius 2 is 2.29 bits per heavy atom. The molecule has 76 valence electrons. The van der Waals surface area contributed by atoms with Crippen molar-refractivity contribution in [1.82, 2.24) is 5.32 Å². The highest BCUT2D eigenvalue weighted by Crippen LogP contribution is 2.25. The highest BCUT2D eigenvalue weighted by atomic mass is 79.9. The van der Waals surface area contributed by atoms with Crippen molar-refractivity contribution in [3.63, 3.8) is 0 Å². The van der Waals surface area contributed by atoms with Gasteiger partial charge in [0.1, 0.15) is 0 Å². The molecule has 1 aromatic carbocycles. The first kappa shape index (κ1) is 11.5. The van der Waals surface area contributed by atoms with E-state index in [1.165, 1.54) is 0 Å². The highest BCUT2D eigenvalue weighted by Gasteiger charge is 2.10. The first-order chi connectivity index (χ1) is 6.66. The van der Waals surface area contributed by atoms with E-state index < -0.39 is 0 Å². The number of amides is 1. The van der Waals surface area contributed by atoms with E-state index in [1.54, 1.807) is 18.2 Å². The molecule has 14 heavy (non-hydrogen) atoms. The number of nitrogens with two attached hydrogens (primary N) is 1. The second-order valence-corrected chi connectivity index (χ2v) is 3.88. The Balaban J connectivity index is 2.84. The van der Waals surface area contributed by atoms with E-state index in [4.69, 9.17) is 17.3 Å². The zero-order valence-electron chi connectivity index (χ0n) is 7.39. The third-order valence-corrected chi connectivity index (χ3v) is 2.92. The fourth-order valence-corrected chi connectivity index (χ4v) is 1.54. The smallest absolute Gasteiger partial charge is 0.252 e. The molecule has 0 aliphatic heterocycles. The lowest BCUT2D eigenvalue weighted by atomic mass is 10.2. The van der Waals surface area contributed by atoms with Gasteiger partial charge in [-0.15, -0.1) is 0 Å². The Kier molecular flexibility index (Phi) is 4.38. The molecule has 0 heterocycles. The van der Waals surface area contributed by atoms with Crippen LogP contribution in [0.2, 0.25) is 5.02 Å². The minimum atomic E-state index is -0.207. The van der Waals surface area contributed by atoms with E-state index in [0.29, 0.717) is 28.1 Å². The van der Waals surface area contributed by atoms with Crippen LogP contribution in [0.15, 0.2) is 22.7 Å². The summed E-state index contributed by atoms with van der Waals surface area (Å²) < 4.78 is 0.708. The van der Waals surface area contributed by atoms with Crippen LogP contribution in [0.4, 0.5) is 0 Å². The number of carbonyl (C=O) groups excluding carboxylic acids is 1. The second-order valence-electron chi connectivity index (χ2n) is 2.65. The van der Waals surface area contributed by atoms with Crippen LogP contribution in [0.25, 0.3) is 0 Å². The summed E-state index contributed by atoms with van der Waals surface area (Å²) >= 11 is 9.17. The van der Waals surface area contributed by atoms with E-state index in [0.717, 1.165) is 0 Å². The van der Waals surface area contributed by atoms with Crippen LogP contribution < -0.4 is 11.1 Å². The quantitative estimate of drug-likeness (QED) is 0.885. The van der Waals surface area contributed by atoms with Crippen molar-refractivity contribution in [3.8, 4) is 0 Å². The normalized spacial score (nSPS) is 9.93. The summed E-state index contributed by atoms with van der Waals surface area (Å²) in [5.41, 5.74) is 5.72. The van der Waals surface area contributed by atoms with Gasteiger partial charge in [-0.2, -0.15) is 0 Å². The molecule has 3 N–H and O–H groups in total. The van der Waals surface area contributed by atoms with Gasteiger partial charge in [-0.25, -0.2) is 0 Å². The van der Waals surface area contributed by atoms with Crippen molar-refractivity contribution in [3.05, 3.63) is 33.3 Å². The number of hydrogen-bond donors (Lipinski definition) is 2. The first-order valence-electron chi connectivity index (χ1n) is 4.09. The van der Waals surface area contributed by atoms with Crippen LogP contribution in [-0.4, -0.2) is 19.0 Å². The van der Waals surface area contributed by atoms with Gasteiger partial charge in [-0.3, -0.25) is 4.79 Å². The predicted octanol–water partition coefficient (Wildman–Crippen LogP) is 1.79. The Morgan fingerprint density at radius 3 is 2.93 bits per heavy atom. The molecular weight excluding hydrogens is 267 g/mol. The van der Waals surface area contributed by atoms with Gasteiger partial charge in [0.2, 0.25) is 0 Å². The maximum Gasteiger partial charge on any atom is 0.252 e. The number of halogens is 2. The van der Waals surface area contributed by atoms with Crippen molar-refractivity contribution >= 4 is 33.4 Å². The lowest BCUT2D eigenvalue weighted by Crippen LogP contribution is -2.29. The number of benzene rings is 1. The fourth-order valence-electron chi connectivity index (χ4n) is 0.960. The van der Waals surface area contributed by atoms with E-state index >= 15 is 0 Å². The maximum atomic E-state index is 11.5. The fraction of sp³-hybridized carbons (Fsp3) is 0.222. The van der Waals surface area contributed by atoms with Crippen molar-refractivity contribution in [2.24, 2.45) is 5.73 Å². The van der Waals surface area contributed by atoms with Gasteiger partial charge in [-0.1, -0.05) is 17.7 Å². The highest BCUT2D eigenvalue weighted by molar-refractivity contribution is 9.10. The Bertz CT molecular complexity index is 344. The molecule has 5 heteroatoms. The Hall–Kier alpha value is -0.580. The van der Waals surface area contributed by atoms with Gasteiger partial charge in [0.05, 0.1) is 10.6 Å². The summed E-state index contributed by atoms with van der Waals surface area (Å²) in [5.74, 6) is -0.207.